The Hall–Kier alpha value is -0.0800. The summed E-state index contributed by atoms with van der Waals surface area (Å²) < 4.78 is 12.3. The standard InChI is InChI=1S/C29H50O2/c1-20(2)7-6-8-21(3)24-11-12-25-23-10-9-22-19-29(30-17-18-31-29)16-15-27(22,4)26(23)13-14-28(24,25)5/h20-26H,6-19H2,1-5H3/t21-,22+,23-,24-,25+,26-,27-,28+/m0/s1. The van der Waals surface area contributed by atoms with Crippen molar-refractivity contribution in [3.05, 3.63) is 0 Å². The molecule has 178 valence electrons. The van der Waals surface area contributed by atoms with Crippen molar-refractivity contribution in [3.8, 4) is 0 Å². The lowest BCUT2D eigenvalue weighted by molar-refractivity contribution is -0.229. The van der Waals surface area contributed by atoms with Crippen LogP contribution in [0.25, 0.3) is 0 Å². The smallest absolute Gasteiger partial charge is 0.168 e. The maximum absolute atomic E-state index is 6.16. The molecule has 2 heteroatoms. The molecule has 1 heterocycles. The van der Waals surface area contributed by atoms with Crippen LogP contribution in [0.1, 0.15) is 112 Å². The van der Waals surface area contributed by atoms with Gasteiger partial charge >= 0.3 is 0 Å². The van der Waals surface area contributed by atoms with Crippen LogP contribution >= 0.6 is 0 Å². The molecule has 5 fully saturated rings. The van der Waals surface area contributed by atoms with Gasteiger partial charge in [-0.05, 0) is 97.2 Å². The van der Waals surface area contributed by atoms with E-state index in [1.165, 1.54) is 70.6 Å². The molecule has 1 saturated heterocycles. The third-order valence-electron chi connectivity index (χ3n) is 11.7. The first-order chi connectivity index (χ1) is 14.8. The number of rotatable bonds is 5. The molecule has 0 bridgehead atoms. The molecule has 1 aliphatic heterocycles. The molecular weight excluding hydrogens is 380 g/mol. The molecule has 0 aromatic rings. The van der Waals surface area contributed by atoms with Crippen LogP contribution in [-0.4, -0.2) is 19.0 Å². The Morgan fingerprint density at radius 3 is 2.26 bits per heavy atom. The van der Waals surface area contributed by atoms with Crippen LogP contribution in [0.4, 0.5) is 0 Å². The van der Waals surface area contributed by atoms with E-state index in [1.54, 1.807) is 0 Å². The Morgan fingerprint density at radius 1 is 0.774 bits per heavy atom. The molecule has 0 aromatic heterocycles. The van der Waals surface area contributed by atoms with Gasteiger partial charge in [-0.3, -0.25) is 0 Å². The van der Waals surface area contributed by atoms with Gasteiger partial charge in [0.25, 0.3) is 0 Å². The molecule has 0 unspecified atom stereocenters. The van der Waals surface area contributed by atoms with Crippen LogP contribution in [0, 0.1) is 52.3 Å². The largest absolute Gasteiger partial charge is 0.348 e. The first kappa shape index (κ1) is 22.7. The molecule has 4 saturated carbocycles. The predicted molar refractivity (Wildman–Crippen MR) is 128 cm³/mol. The van der Waals surface area contributed by atoms with E-state index in [4.69, 9.17) is 9.47 Å². The van der Waals surface area contributed by atoms with E-state index >= 15 is 0 Å². The van der Waals surface area contributed by atoms with Crippen molar-refractivity contribution in [3.63, 3.8) is 0 Å². The number of hydrogen-bond acceptors (Lipinski definition) is 2. The minimum Gasteiger partial charge on any atom is -0.348 e. The molecule has 5 aliphatic rings. The summed E-state index contributed by atoms with van der Waals surface area (Å²) in [6.45, 7) is 14.4. The normalized spacial score (nSPS) is 47.2. The van der Waals surface area contributed by atoms with Crippen molar-refractivity contribution in [2.24, 2.45) is 52.3 Å². The van der Waals surface area contributed by atoms with E-state index in [2.05, 4.69) is 34.6 Å². The van der Waals surface area contributed by atoms with Gasteiger partial charge in [-0.2, -0.15) is 0 Å². The summed E-state index contributed by atoms with van der Waals surface area (Å²) in [7, 11) is 0. The maximum atomic E-state index is 6.16. The first-order valence-electron chi connectivity index (χ1n) is 14.1. The highest BCUT2D eigenvalue weighted by molar-refractivity contribution is 5.10. The average molecular weight is 431 g/mol. The Morgan fingerprint density at radius 2 is 1.52 bits per heavy atom. The second-order valence-corrected chi connectivity index (χ2v) is 13.5. The third-order valence-corrected chi connectivity index (χ3v) is 11.7. The minimum atomic E-state index is -0.204. The van der Waals surface area contributed by atoms with Crippen LogP contribution in [0.2, 0.25) is 0 Å². The van der Waals surface area contributed by atoms with Crippen molar-refractivity contribution in [1.29, 1.82) is 0 Å². The average Bonchev–Trinajstić information content (AvgIpc) is 3.32. The van der Waals surface area contributed by atoms with Crippen LogP contribution < -0.4 is 0 Å². The zero-order chi connectivity index (χ0) is 21.9. The van der Waals surface area contributed by atoms with Crippen molar-refractivity contribution < 1.29 is 9.47 Å². The quantitative estimate of drug-likeness (QED) is 0.442. The number of fused-ring (bicyclic) bond motifs is 5. The van der Waals surface area contributed by atoms with Crippen LogP contribution in [0.5, 0.6) is 0 Å². The summed E-state index contributed by atoms with van der Waals surface area (Å²) in [6.07, 6.45) is 16.9. The van der Waals surface area contributed by atoms with Crippen molar-refractivity contribution in [1.82, 2.24) is 0 Å². The molecule has 8 atom stereocenters. The third kappa shape index (κ3) is 3.74. The molecular formula is C29H50O2. The molecule has 0 N–H and O–H groups in total. The zero-order valence-corrected chi connectivity index (χ0v) is 21.3. The summed E-state index contributed by atoms with van der Waals surface area (Å²) in [6, 6.07) is 0. The molecule has 1 spiro atoms. The SMILES string of the molecule is CC(C)CCC[C@H](C)[C@@H]1CC[C@@H]2[C@@H]3CC[C@@H]4CC5(CC[C@]4(C)[C@H]3CC[C@@]21C)OCCO5. The number of hydrogen-bond donors (Lipinski definition) is 0. The van der Waals surface area contributed by atoms with Gasteiger partial charge in [0, 0.05) is 12.8 Å². The van der Waals surface area contributed by atoms with Gasteiger partial charge in [0.05, 0.1) is 13.2 Å². The molecule has 5 rings (SSSR count). The van der Waals surface area contributed by atoms with E-state index in [-0.39, 0.29) is 5.79 Å². The Balaban J connectivity index is 1.28. The summed E-state index contributed by atoms with van der Waals surface area (Å²) in [5, 5.41) is 0. The van der Waals surface area contributed by atoms with Crippen LogP contribution in [0.3, 0.4) is 0 Å². The Kier molecular flexibility index (Phi) is 6.08. The van der Waals surface area contributed by atoms with Gasteiger partial charge in [0.15, 0.2) is 5.79 Å². The molecule has 4 aliphatic carbocycles. The van der Waals surface area contributed by atoms with Gasteiger partial charge in [-0.15, -0.1) is 0 Å². The highest BCUT2D eigenvalue weighted by Crippen LogP contribution is 2.69. The molecule has 0 radical (unpaired) electrons. The highest BCUT2D eigenvalue weighted by Gasteiger charge is 2.62. The maximum Gasteiger partial charge on any atom is 0.168 e. The number of ether oxygens (including phenoxy) is 2. The second kappa shape index (κ2) is 8.30. The lowest BCUT2D eigenvalue weighted by Gasteiger charge is -2.62. The van der Waals surface area contributed by atoms with Gasteiger partial charge < -0.3 is 9.47 Å². The zero-order valence-electron chi connectivity index (χ0n) is 21.3. The van der Waals surface area contributed by atoms with Crippen LogP contribution in [-0.2, 0) is 9.47 Å². The van der Waals surface area contributed by atoms with Crippen molar-refractivity contribution in [2.75, 3.05) is 13.2 Å². The van der Waals surface area contributed by atoms with Crippen LogP contribution in [0.15, 0.2) is 0 Å². The topological polar surface area (TPSA) is 18.5 Å². The van der Waals surface area contributed by atoms with Gasteiger partial charge in [0.2, 0.25) is 0 Å². The van der Waals surface area contributed by atoms with E-state index in [0.29, 0.717) is 10.8 Å². The van der Waals surface area contributed by atoms with Crippen molar-refractivity contribution >= 4 is 0 Å². The predicted octanol–water partition coefficient (Wildman–Crippen LogP) is 7.85. The molecule has 0 aromatic carbocycles. The Labute approximate surface area is 192 Å². The fourth-order valence-corrected chi connectivity index (χ4v) is 9.98. The van der Waals surface area contributed by atoms with Gasteiger partial charge in [-0.1, -0.05) is 53.9 Å². The summed E-state index contributed by atoms with van der Waals surface area (Å²) in [4.78, 5) is 0. The summed E-state index contributed by atoms with van der Waals surface area (Å²) >= 11 is 0. The first-order valence-corrected chi connectivity index (χ1v) is 14.1. The Bertz CT molecular complexity index is 637. The molecule has 31 heavy (non-hydrogen) atoms. The second-order valence-electron chi connectivity index (χ2n) is 13.5. The lowest BCUT2D eigenvalue weighted by atomic mass is 9.44. The van der Waals surface area contributed by atoms with E-state index in [9.17, 15) is 0 Å². The van der Waals surface area contributed by atoms with Gasteiger partial charge in [0.1, 0.15) is 0 Å². The monoisotopic (exact) mass is 430 g/mol. The highest BCUT2D eigenvalue weighted by atomic mass is 16.7. The fourth-order valence-electron chi connectivity index (χ4n) is 9.98. The van der Waals surface area contributed by atoms with E-state index in [1.807, 2.05) is 0 Å². The van der Waals surface area contributed by atoms with E-state index in [0.717, 1.165) is 61.1 Å². The molecule has 0 amide bonds. The lowest BCUT2D eigenvalue weighted by Crippen LogP contribution is -2.56. The minimum absolute atomic E-state index is 0.204. The summed E-state index contributed by atoms with van der Waals surface area (Å²) in [5.41, 5.74) is 1.15. The fraction of sp³-hybridized carbons (Fsp3) is 1.00. The van der Waals surface area contributed by atoms with E-state index < -0.39 is 0 Å². The summed E-state index contributed by atoms with van der Waals surface area (Å²) in [5.74, 6) is 6.32. The van der Waals surface area contributed by atoms with Gasteiger partial charge in [-0.25, -0.2) is 0 Å². The van der Waals surface area contributed by atoms with Crippen molar-refractivity contribution in [2.45, 2.75) is 117 Å². The molecule has 2 nitrogen and oxygen atoms in total.